The number of carbonyl (C=O) groups excluding carboxylic acids is 1. The van der Waals surface area contributed by atoms with E-state index in [-0.39, 0.29) is 5.91 Å². The average molecular weight is 378 g/mol. The molecule has 0 spiro atoms. The molecule has 4 nitrogen and oxygen atoms in total. The van der Waals surface area contributed by atoms with Gasteiger partial charge in [-0.2, -0.15) is 0 Å². The van der Waals surface area contributed by atoms with Crippen molar-refractivity contribution in [1.82, 2.24) is 4.98 Å². The topological polar surface area (TPSA) is 45.2 Å². The number of pyridine rings is 1. The van der Waals surface area contributed by atoms with Crippen LogP contribution in [0.5, 0.6) is 0 Å². The summed E-state index contributed by atoms with van der Waals surface area (Å²) in [6.45, 7) is 2.05. The fourth-order valence-corrected chi connectivity index (χ4v) is 4.28. The Morgan fingerprint density at radius 1 is 1.07 bits per heavy atom. The largest absolute Gasteiger partial charge is 0.369 e. The second-order valence-electron chi connectivity index (χ2n) is 6.76. The molecule has 0 aromatic carbocycles. The first kappa shape index (κ1) is 17.7. The van der Waals surface area contributed by atoms with Crippen LogP contribution >= 0.6 is 11.3 Å². The van der Waals surface area contributed by atoms with Gasteiger partial charge in [-0.25, -0.2) is 4.98 Å². The van der Waals surface area contributed by atoms with Crippen LogP contribution in [0.3, 0.4) is 0 Å². The van der Waals surface area contributed by atoms with Gasteiger partial charge in [0.15, 0.2) is 0 Å². The number of carbonyl (C=O) groups is 1. The zero-order valence-corrected chi connectivity index (χ0v) is 16.0. The van der Waals surface area contributed by atoms with Crippen molar-refractivity contribution < 1.29 is 4.79 Å². The number of piperidine rings is 1. The monoisotopic (exact) mass is 377 g/mol. The van der Waals surface area contributed by atoms with Gasteiger partial charge in [-0.1, -0.05) is 42.5 Å². The number of allylic oxidation sites excluding steroid dienone is 7. The molecule has 2 aliphatic rings. The number of nitrogens with one attached hydrogen (secondary N) is 1. The normalized spacial score (nSPS) is 22.8. The summed E-state index contributed by atoms with van der Waals surface area (Å²) in [7, 11) is 0. The van der Waals surface area contributed by atoms with Gasteiger partial charge >= 0.3 is 0 Å². The highest BCUT2D eigenvalue weighted by molar-refractivity contribution is 7.16. The average Bonchev–Trinajstić information content (AvgIpc) is 3.21. The van der Waals surface area contributed by atoms with Crippen LogP contribution in [0.1, 0.15) is 25.7 Å². The molecular weight excluding hydrogens is 354 g/mol. The number of fused-ring (bicyclic) bond motifs is 1. The molecular formula is C22H23N3OS. The van der Waals surface area contributed by atoms with Crippen molar-refractivity contribution in [2.45, 2.75) is 25.7 Å². The minimum Gasteiger partial charge on any atom is -0.369 e. The maximum Gasteiger partial charge on any atom is 0.251 e. The van der Waals surface area contributed by atoms with E-state index in [1.807, 2.05) is 48.7 Å². The van der Waals surface area contributed by atoms with Crippen molar-refractivity contribution in [3.8, 4) is 0 Å². The summed E-state index contributed by atoms with van der Waals surface area (Å²) >= 11 is 1.64. The van der Waals surface area contributed by atoms with E-state index in [1.165, 1.54) is 19.3 Å². The number of hydrogen-bond donors (Lipinski definition) is 1. The highest BCUT2D eigenvalue weighted by atomic mass is 32.1. The predicted octanol–water partition coefficient (Wildman–Crippen LogP) is 5.22. The Bertz CT molecular complexity index is 946. The molecule has 4 rings (SSSR count). The van der Waals surface area contributed by atoms with Crippen molar-refractivity contribution >= 4 is 38.8 Å². The fraction of sp³-hybridized carbons (Fsp3) is 0.273. The van der Waals surface area contributed by atoms with Crippen LogP contribution in [0.4, 0.5) is 11.4 Å². The summed E-state index contributed by atoms with van der Waals surface area (Å²) in [6.07, 6.45) is 19.7. The van der Waals surface area contributed by atoms with E-state index < -0.39 is 0 Å². The third-order valence-corrected chi connectivity index (χ3v) is 5.71. The molecule has 5 heteroatoms. The first-order chi connectivity index (χ1) is 13.3. The minimum atomic E-state index is -0.0687. The molecule has 0 unspecified atom stereocenters. The van der Waals surface area contributed by atoms with Crippen molar-refractivity contribution in [2.75, 3.05) is 23.3 Å². The molecule has 138 valence electrons. The quantitative estimate of drug-likeness (QED) is 0.797. The number of thiophene rings is 1. The molecule has 0 bridgehead atoms. The zero-order chi connectivity index (χ0) is 18.5. The third-order valence-electron chi connectivity index (χ3n) is 4.89. The van der Waals surface area contributed by atoms with Gasteiger partial charge in [0, 0.05) is 24.0 Å². The van der Waals surface area contributed by atoms with E-state index in [2.05, 4.69) is 26.6 Å². The summed E-state index contributed by atoms with van der Waals surface area (Å²) in [5.74, 6) is -0.0687. The molecule has 2 aromatic rings. The molecule has 1 N–H and O–H groups in total. The molecule has 1 aliphatic heterocycles. The fourth-order valence-electron chi connectivity index (χ4n) is 3.54. The van der Waals surface area contributed by atoms with Crippen molar-refractivity contribution in [1.29, 1.82) is 0 Å². The summed E-state index contributed by atoms with van der Waals surface area (Å²) in [5, 5.41) is 6.33. The molecule has 0 atom stereocenters. The molecule has 1 aliphatic carbocycles. The van der Waals surface area contributed by atoms with Crippen LogP contribution < -0.4 is 10.2 Å². The smallest absolute Gasteiger partial charge is 0.251 e. The first-order valence-electron chi connectivity index (χ1n) is 9.44. The summed E-state index contributed by atoms with van der Waals surface area (Å²) in [6, 6.07) is 2.11. The lowest BCUT2D eigenvalue weighted by molar-refractivity contribution is -0.112. The molecule has 0 radical (unpaired) electrons. The van der Waals surface area contributed by atoms with Crippen LogP contribution in [0.15, 0.2) is 65.7 Å². The van der Waals surface area contributed by atoms with Gasteiger partial charge in [0.05, 0.1) is 17.6 Å². The number of hydrogen-bond acceptors (Lipinski definition) is 4. The Hall–Kier alpha value is -2.66. The van der Waals surface area contributed by atoms with Crippen LogP contribution in [0.2, 0.25) is 0 Å². The van der Waals surface area contributed by atoms with E-state index in [1.54, 1.807) is 11.3 Å². The summed E-state index contributed by atoms with van der Waals surface area (Å²) in [4.78, 5) is 20.9. The van der Waals surface area contributed by atoms with Crippen LogP contribution in [0, 0.1) is 0 Å². The van der Waals surface area contributed by atoms with E-state index in [0.717, 1.165) is 40.3 Å². The SMILES string of the molecule is O=C(Nc1cnc2sccc2c1N1CCCCC1)/C1=C/C=C\C=C/C=C\C1. The van der Waals surface area contributed by atoms with E-state index in [9.17, 15) is 4.79 Å². The Morgan fingerprint density at radius 3 is 2.78 bits per heavy atom. The lowest BCUT2D eigenvalue weighted by Crippen LogP contribution is -2.30. The second-order valence-corrected chi connectivity index (χ2v) is 7.65. The second kappa shape index (κ2) is 8.35. The summed E-state index contributed by atoms with van der Waals surface area (Å²) < 4.78 is 0. The number of anilines is 2. The third kappa shape index (κ3) is 4.03. The van der Waals surface area contributed by atoms with Gasteiger partial charge in [0.1, 0.15) is 4.83 Å². The maximum absolute atomic E-state index is 12.9. The number of amides is 1. The molecule has 1 amide bonds. The van der Waals surface area contributed by atoms with Crippen molar-refractivity contribution in [2.24, 2.45) is 0 Å². The van der Waals surface area contributed by atoms with Crippen LogP contribution in [-0.2, 0) is 4.79 Å². The molecule has 27 heavy (non-hydrogen) atoms. The van der Waals surface area contributed by atoms with Crippen molar-refractivity contribution in [3.05, 3.63) is 65.7 Å². The molecule has 2 aromatic heterocycles. The van der Waals surface area contributed by atoms with Crippen LogP contribution in [0.25, 0.3) is 10.2 Å². The van der Waals surface area contributed by atoms with E-state index >= 15 is 0 Å². The Kier molecular flexibility index (Phi) is 5.49. The number of rotatable bonds is 3. The lowest BCUT2D eigenvalue weighted by Gasteiger charge is -2.31. The van der Waals surface area contributed by atoms with Gasteiger partial charge in [0.2, 0.25) is 0 Å². The van der Waals surface area contributed by atoms with E-state index in [0.29, 0.717) is 6.42 Å². The lowest BCUT2D eigenvalue weighted by atomic mass is 10.1. The predicted molar refractivity (Wildman–Crippen MR) is 114 cm³/mol. The highest BCUT2D eigenvalue weighted by Gasteiger charge is 2.20. The number of nitrogens with zero attached hydrogens (tertiary/aromatic N) is 2. The Labute approximate surface area is 163 Å². The Balaban J connectivity index is 1.65. The minimum absolute atomic E-state index is 0.0687. The van der Waals surface area contributed by atoms with Gasteiger partial charge < -0.3 is 10.2 Å². The van der Waals surface area contributed by atoms with E-state index in [4.69, 9.17) is 0 Å². The van der Waals surface area contributed by atoms with Gasteiger partial charge in [0.25, 0.3) is 5.91 Å². The number of aromatic nitrogens is 1. The highest BCUT2D eigenvalue weighted by Crippen LogP contribution is 2.37. The van der Waals surface area contributed by atoms with Gasteiger partial charge in [-0.05, 0) is 37.1 Å². The molecule has 0 saturated carbocycles. The molecule has 1 saturated heterocycles. The molecule has 3 heterocycles. The van der Waals surface area contributed by atoms with Crippen molar-refractivity contribution in [3.63, 3.8) is 0 Å². The Morgan fingerprint density at radius 2 is 1.89 bits per heavy atom. The van der Waals surface area contributed by atoms with Gasteiger partial charge in [-0.15, -0.1) is 11.3 Å². The standard InChI is InChI=1S/C22H23N3OS/c26-21(17-10-6-3-1-2-4-7-11-17)24-19-16-23-22-18(12-15-27-22)20(19)25-13-8-5-9-14-25/h1-4,6-7,10,12,15-16H,5,8-9,11,13-14H2,(H,24,26)/b2-1-,6-3-,7-4-,17-10+. The first-order valence-corrected chi connectivity index (χ1v) is 10.3. The zero-order valence-electron chi connectivity index (χ0n) is 15.2. The van der Waals surface area contributed by atoms with Crippen LogP contribution in [-0.4, -0.2) is 24.0 Å². The molecule has 1 fully saturated rings. The van der Waals surface area contributed by atoms with Gasteiger partial charge in [-0.3, -0.25) is 4.79 Å². The maximum atomic E-state index is 12.9. The summed E-state index contributed by atoms with van der Waals surface area (Å²) in [5.41, 5.74) is 2.66.